The van der Waals surface area contributed by atoms with E-state index in [-0.39, 0.29) is 11.7 Å². The SMILES string of the molecule is CCN1C(=O)/C(=C\c2cccc(O)c2)SC1=Nc1ccccc1Cl. The monoisotopic (exact) mass is 358 g/mol. The van der Waals surface area contributed by atoms with Crippen molar-refractivity contribution in [2.45, 2.75) is 6.92 Å². The Morgan fingerprint density at radius 2 is 2.04 bits per heavy atom. The lowest BCUT2D eigenvalue weighted by atomic mass is 10.2. The van der Waals surface area contributed by atoms with Crippen LogP contribution in [0, 0.1) is 0 Å². The number of hydrogen-bond donors (Lipinski definition) is 1. The third-order valence-electron chi connectivity index (χ3n) is 3.44. The maximum atomic E-state index is 12.6. The van der Waals surface area contributed by atoms with Crippen molar-refractivity contribution in [3.8, 4) is 5.75 Å². The summed E-state index contributed by atoms with van der Waals surface area (Å²) in [7, 11) is 0. The van der Waals surface area contributed by atoms with E-state index in [9.17, 15) is 9.90 Å². The van der Waals surface area contributed by atoms with Gasteiger partial charge in [-0.1, -0.05) is 35.9 Å². The predicted octanol–water partition coefficient (Wildman–Crippen LogP) is 4.67. The Morgan fingerprint density at radius 3 is 2.75 bits per heavy atom. The second-order valence-corrected chi connectivity index (χ2v) is 6.52. The minimum atomic E-state index is -0.100. The summed E-state index contributed by atoms with van der Waals surface area (Å²) in [5, 5.41) is 10.7. The summed E-state index contributed by atoms with van der Waals surface area (Å²) in [6.45, 7) is 2.42. The van der Waals surface area contributed by atoms with E-state index >= 15 is 0 Å². The lowest BCUT2D eigenvalue weighted by Gasteiger charge is -2.12. The van der Waals surface area contributed by atoms with Gasteiger partial charge in [0.05, 0.1) is 15.6 Å². The zero-order valence-electron chi connectivity index (χ0n) is 12.9. The van der Waals surface area contributed by atoms with Crippen LogP contribution in [-0.4, -0.2) is 27.6 Å². The number of aliphatic imine (C=N–C) groups is 1. The molecule has 24 heavy (non-hydrogen) atoms. The highest BCUT2D eigenvalue weighted by Crippen LogP contribution is 2.35. The average molecular weight is 359 g/mol. The van der Waals surface area contributed by atoms with E-state index in [1.807, 2.05) is 31.2 Å². The van der Waals surface area contributed by atoms with Gasteiger partial charge in [0.15, 0.2) is 5.17 Å². The number of thioether (sulfide) groups is 1. The number of para-hydroxylation sites is 1. The molecule has 0 bridgehead atoms. The molecular weight excluding hydrogens is 344 g/mol. The molecule has 3 rings (SSSR count). The van der Waals surface area contributed by atoms with Gasteiger partial charge in [-0.3, -0.25) is 9.69 Å². The Hall–Kier alpha value is -2.24. The van der Waals surface area contributed by atoms with E-state index in [4.69, 9.17) is 11.6 Å². The van der Waals surface area contributed by atoms with Crippen LogP contribution >= 0.6 is 23.4 Å². The molecule has 122 valence electrons. The first kappa shape index (κ1) is 16.6. The lowest BCUT2D eigenvalue weighted by molar-refractivity contribution is -0.122. The van der Waals surface area contributed by atoms with Crippen LogP contribution in [0.5, 0.6) is 5.75 Å². The fourth-order valence-corrected chi connectivity index (χ4v) is 3.52. The molecule has 2 aromatic carbocycles. The van der Waals surface area contributed by atoms with Gasteiger partial charge in [-0.05, 0) is 54.6 Å². The number of amidine groups is 1. The first-order valence-corrected chi connectivity index (χ1v) is 8.61. The molecule has 0 aromatic heterocycles. The quantitative estimate of drug-likeness (QED) is 0.811. The highest BCUT2D eigenvalue weighted by Gasteiger charge is 2.32. The molecular formula is C18H15ClN2O2S. The van der Waals surface area contributed by atoms with E-state index in [0.29, 0.717) is 27.3 Å². The van der Waals surface area contributed by atoms with Gasteiger partial charge in [0.1, 0.15) is 5.75 Å². The second-order valence-electron chi connectivity index (χ2n) is 5.10. The molecule has 1 heterocycles. The van der Waals surface area contributed by atoms with Gasteiger partial charge in [-0.15, -0.1) is 0 Å². The summed E-state index contributed by atoms with van der Waals surface area (Å²) >= 11 is 7.45. The number of carbonyl (C=O) groups is 1. The summed E-state index contributed by atoms with van der Waals surface area (Å²) in [5.74, 6) is 0.0637. The third-order valence-corrected chi connectivity index (χ3v) is 4.77. The Balaban J connectivity index is 1.96. The summed E-state index contributed by atoms with van der Waals surface area (Å²) in [4.78, 5) is 19.3. The van der Waals surface area contributed by atoms with Crippen LogP contribution in [0.4, 0.5) is 5.69 Å². The van der Waals surface area contributed by atoms with Crippen molar-refractivity contribution in [3.63, 3.8) is 0 Å². The van der Waals surface area contributed by atoms with Crippen molar-refractivity contribution in [2.75, 3.05) is 6.54 Å². The number of benzene rings is 2. The van der Waals surface area contributed by atoms with Crippen molar-refractivity contribution in [1.29, 1.82) is 0 Å². The summed E-state index contributed by atoms with van der Waals surface area (Å²) < 4.78 is 0. The summed E-state index contributed by atoms with van der Waals surface area (Å²) in [6, 6.07) is 14.0. The Labute approximate surface area is 149 Å². The van der Waals surface area contributed by atoms with Crippen molar-refractivity contribution in [1.82, 2.24) is 4.90 Å². The maximum absolute atomic E-state index is 12.6. The second kappa shape index (κ2) is 7.11. The molecule has 0 atom stereocenters. The lowest BCUT2D eigenvalue weighted by Crippen LogP contribution is -2.28. The number of likely N-dealkylation sites (N-methyl/N-ethyl adjacent to an activating group) is 1. The molecule has 1 N–H and O–H groups in total. The molecule has 1 amide bonds. The van der Waals surface area contributed by atoms with Crippen molar-refractivity contribution in [2.24, 2.45) is 4.99 Å². The Bertz CT molecular complexity index is 848. The number of rotatable bonds is 3. The molecule has 0 spiro atoms. The fourth-order valence-electron chi connectivity index (χ4n) is 2.28. The molecule has 0 aliphatic carbocycles. The number of nitrogens with zero attached hydrogens (tertiary/aromatic N) is 2. The van der Waals surface area contributed by atoms with Gasteiger partial charge in [0.2, 0.25) is 0 Å². The molecule has 4 nitrogen and oxygen atoms in total. The molecule has 1 fully saturated rings. The van der Waals surface area contributed by atoms with Gasteiger partial charge in [-0.25, -0.2) is 4.99 Å². The largest absolute Gasteiger partial charge is 0.508 e. The molecule has 1 saturated heterocycles. The molecule has 0 radical (unpaired) electrons. The average Bonchev–Trinajstić information content (AvgIpc) is 2.85. The van der Waals surface area contributed by atoms with Crippen LogP contribution in [0.2, 0.25) is 5.02 Å². The number of carbonyl (C=O) groups excluding carboxylic acids is 1. The van der Waals surface area contributed by atoms with Crippen molar-refractivity contribution < 1.29 is 9.90 Å². The number of hydrogen-bond acceptors (Lipinski definition) is 4. The molecule has 1 aliphatic rings. The minimum absolute atomic E-state index is 0.100. The number of aromatic hydroxyl groups is 1. The molecule has 0 unspecified atom stereocenters. The van der Waals surface area contributed by atoms with Gasteiger partial charge in [0.25, 0.3) is 5.91 Å². The summed E-state index contributed by atoms with van der Waals surface area (Å²) in [5.41, 5.74) is 1.40. The topological polar surface area (TPSA) is 52.9 Å². The van der Waals surface area contributed by atoms with E-state index in [1.54, 1.807) is 35.2 Å². The number of halogens is 1. The number of phenols is 1. The molecule has 2 aromatic rings. The third kappa shape index (κ3) is 3.47. The van der Waals surface area contributed by atoms with Crippen LogP contribution < -0.4 is 0 Å². The van der Waals surface area contributed by atoms with E-state index in [0.717, 1.165) is 5.56 Å². The smallest absolute Gasteiger partial charge is 0.266 e. The zero-order chi connectivity index (χ0) is 17.1. The fraction of sp³-hybridized carbons (Fsp3) is 0.111. The Morgan fingerprint density at radius 1 is 1.25 bits per heavy atom. The predicted molar refractivity (Wildman–Crippen MR) is 99.6 cm³/mol. The van der Waals surface area contributed by atoms with Crippen molar-refractivity contribution >= 4 is 46.2 Å². The van der Waals surface area contributed by atoms with E-state index in [2.05, 4.69) is 4.99 Å². The van der Waals surface area contributed by atoms with E-state index < -0.39 is 0 Å². The minimum Gasteiger partial charge on any atom is -0.508 e. The van der Waals surface area contributed by atoms with Gasteiger partial charge < -0.3 is 5.11 Å². The van der Waals surface area contributed by atoms with Crippen LogP contribution in [0.3, 0.4) is 0 Å². The first-order valence-electron chi connectivity index (χ1n) is 7.42. The van der Waals surface area contributed by atoms with Gasteiger partial charge in [-0.2, -0.15) is 0 Å². The van der Waals surface area contributed by atoms with Crippen molar-refractivity contribution in [3.05, 3.63) is 64.0 Å². The standard InChI is InChI=1S/C18H15ClN2O2S/c1-2-21-17(23)16(11-12-6-5-7-13(22)10-12)24-18(21)20-15-9-4-3-8-14(15)19/h3-11,22H,2H2,1H3/b16-11+,20-18?. The zero-order valence-corrected chi connectivity index (χ0v) is 14.5. The van der Waals surface area contributed by atoms with E-state index in [1.165, 1.54) is 11.8 Å². The first-order chi connectivity index (χ1) is 11.6. The highest BCUT2D eigenvalue weighted by molar-refractivity contribution is 8.18. The summed E-state index contributed by atoms with van der Waals surface area (Å²) in [6.07, 6.45) is 1.75. The van der Waals surface area contributed by atoms with Gasteiger partial charge in [0, 0.05) is 6.54 Å². The maximum Gasteiger partial charge on any atom is 0.266 e. The molecule has 6 heteroatoms. The van der Waals surface area contributed by atoms with Crippen LogP contribution in [0.25, 0.3) is 6.08 Å². The Kier molecular flexibility index (Phi) is 4.92. The van der Waals surface area contributed by atoms with Crippen LogP contribution in [0.15, 0.2) is 58.4 Å². The van der Waals surface area contributed by atoms with Crippen LogP contribution in [-0.2, 0) is 4.79 Å². The molecule has 1 aliphatic heterocycles. The van der Waals surface area contributed by atoms with Crippen LogP contribution in [0.1, 0.15) is 12.5 Å². The normalized spacial score (nSPS) is 17.9. The molecule has 0 saturated carbocycles. The number of amides is 1. The highest BCUT2D eigenvalue weighted by atomic mass is 35.5. The van der Waals surface area contributed by atoms with Gasteiger partial charge >= 0.3 is 0 Å². The number of phenolic OH excluding ortho intramolecular Hbond substituents is 1.